The number of halogens is 1. The Morgan fingerprint density at radius 1 is 1.24 bits per heavy atom. The molecule has 1 aromatic carbocycles. The first-order valence-electron chi connectivity index (χ1n) is 9.92. The largest absolute Gasteiger partial charge is 0.331 e. The van der Waals surface area contributed by atoms with Crippen molar-refractivity contribution in [2.75, 3.05) is 27.2 Å². The van der Waals surface area contributed by atoms with E-state index in [-0.39, 0.29) is 36.4 Å². The highest BCUT2D eigenvalue weighted by Gasteiger charge is 2.34. The fraction of sp³-hybridized carbons (Fsp3) is 0.455. The number of amides is 3. The molecule has 29 heavy (non-hydrogen) atoms. The monoisotopic (exact) mass is 417 g/mol. The van der Waals surface area contributed by atoms with E-state index in [1.165, 1.54) is 21.9 Å². The van der Waals surface area contributed by atoms with Crippen LogP contribution in [0, 0.1) is 5.82 Å². The van der Waals surface area contributed by atoms with Crippen LogP contribution in [-0.2, 0) is 11.2 Å². The first-order chi connectivity index (χ1) is 13.8. The molecule has 7 heteroatoms. The van der Waals surface area contributed by atoms with Crippen LogP contribution in [0.1, 0.15) is 42.3 Å². The normalized spacial score (nSPS) is 16.9. The van der Waals surface area contributed by atoms with Crippen molar-refractivity contribution in [2.24, 2.45) is 0 Å². The number of hydrogen-bond donors (Lipinski definition) is 0. The molecule has 0 saturated carbocycles. The Labute approximate surface area is 175 Å². The van der Waals surface area contributed by atoms with Gasteiger partial charge in [0.15, 0.2) is 0 Å². The van der Waals surface area contributed by atoms with Gasteiger partial charge in [0.2, 0.25) is 5.91 Å². The third kappa shape index (κ3) is 4.45. The second-order valence-corrected chi connectivity index (χ2v) is 8.65. The lowest BCUT2D eigenvalue weighted by atomic mass is 9.93. The van der Waals surface area contributed by atoms with Crippen LogP contribution < -0.4 is 0 Å². The van der Waals surface area contributed by atoms with Gasteiger partial charge in [-0.1, -0.05) is 19.1 Å². The van der Waals surface area contributed by atoms with Crippen LogP contribution in [-0.4, -0.2) is 59.9 Å². The van der Waals surface area contributed by atoms with Gasteiger partial charge in [-0.2, -0.15) is 0 Å². The average Bonchev–Trinajstić information content (AvgIpc) is 3.19. The Hall–Kier alpha value is -2.41. The highest BCUT2D eigenvalue weighted by Crippen LogP contribution is 2.38. The summed E-state index contributed by atoms with van der Waals surface area (Å²) in [6, 6.07) is 7.92. The van der Waals surface area contributed by atoms with E-state index in [0.29, 0.717) is 6.54 Å². The Bertz CT molecular complexity index is 865. The first-order valence-corrected chi connectivity index (χ1v) is 10.8. The predicted molar refractivity (Wildman–Crippen MR) is 114 cm³/mol. The molecule has 2 heterocycles. The van der Waals surface area contributed by atoms with Crippen LogP contribution >= 0.6 is 11.3 Å². The molecular weight excluding hydrogens is 389 g/mol. The number of urea groups is 1. The van der Waals surface area contributed by atoms with Gasteiger partial charge in [0, 0.05) is 31.6 Å². The molecular formula is C22H28FN3O2S. The minimum Gasteiger partial charge on any atom is -0.331 e. The molecule has 0 fully saturated rings. The topological polar surface area (TPSA) is 43.9 Å². The minimum atomic E-state index is -0.299. The average molecular weight is 418 g/mol. The number of carbonyl (C=O) groups is 2. The number of benzene rings is 1. The molecule has 0 unspecified atom stereocenters. The molecule has 1 aromatic heterocycles. The van der Waals surface area contributed by atoms with Gasteiger partial charge in [0.25, 0.3) is 0 Å². The molecule has 0 saturated heterocycles. The molecule has 1 aliphatic rings. The second-order valence-electron chi connectivity index (χ2n) is 7.65. The molecule has 0 aliphatic carbocycles. The maximum atomic E-state index is 13.5. The standard InChI is InChI=1S/C22H28FN3O2S/c1-5-15(2)26(22(28)24(3)4)14-20(27)25-12-10-19-18(11-13-29-19)21(25)16-6-8-17(23)9-7-16/h6-9,11,13,15,21H,5,10,12,14H2,1-4H3/t15-,21+/m1/s1. The molecule has 5 nitrogen and oxygen atoms in total. The molecule has 156 valence electrons. The lowest BCUT2D eigenvalue weighted by Crippen LogP contribution is -2.51. The van der Waals surface area contributed by atoms with Crippen molar-refractivity contribution in [3.8, 4) is 0 Å². The van der Waals surface area contributed by atoms with Gasteiger partial charge in [0.1, 0.15) is 12.4 Å². The molecule has 3 rings (SSSR count). The highest BCUT2D eigenvalue weighted by atomic mass is 32.1. The van der Waals surface area contributed by atoms with Gasteiger partial charge >= 0.3 is 6.03 Å². The summed E-state index contributed by atoms with van der Waals surface area (Å²) in [6.07, 6.45) is 1.56. The quantitative estimate of drug-likeness (QED) is 0.734. The van der Waals surface area contributed by atoms with E-state index < -0.39 is 0 Å². The van der Waals surface area contributed by atoms with Crippen LogP contribution in [0.4, 0.5) is 9.18 Å². The fourth-order valence-electron chi connectivity index (χ4n) is 3.72. The van der Waals surface area contributed by atoms with Gasteiger partial charge in [-0.25, -0.2) is 9.18 Å². The summed E-state index contributed by atoms with van der Waals surface area (Å²) in [5, 5.41) is 2.04. The lowest BCUT2D eigenvalue weighted by molar-refractivity contribution is -0.134. The zero-order valence-electron chi connectivity index (χ0n) is 17.4. The maximum Gasteiger partial charge on any atom is 0.320 e. The Balaban J connectivity index is 1.91. The van der Waals surface area contributed by atoms with Gasteiger partial charge in [-0.3, -0.25) is 4.79 Å². The van der Waals surface area contributed by atoms with Crippen LogP contribution in [0.5, 0.6) is 0 Å². The molecule has 3 amide bonds. The summed E-state index contributed by atoms with van der Waals surface area (Å²) in [4.78, 5) is 32.3. The minimum absolute atomic E-state index is 0.0309. The van der Waals surface area contributed by atoms with E-state index in [1.807, 2.05) is 30.2 Å². The van der Waals surface area contributed by atoms with Crippen LogP contribution in [0.25, 0.3) is 0 Å². The molecule has 2 atom stereocenters. The molecule has 0 spiro atoms. The van der Waals surface area contributed by atoms with Crippen molar-refractivity contribution in [1.82, 2.24) is 14.7 Å². The lowest BCUT2D eigenvalue weighted by Gasteiger charge is -2.39. The zero-order valence-corrected chi connectivity index (χ0v) is 18.2. The highest BCUT2D eigenvalue weighted by molar-refractivity contribution is 7.10. The smallest absolute Gasteiger partial charge is 0.320 e. The van der Waals surface area contributed by atoms with Gasteiger partial charge in [-0.15, -0.1) is 11.3 Å². The maximum absolute atomic E-state index is 13.5. The van der Waals surface area contributed by atoms with Crippen LogP contribution in [0.2, 0.25) is 0 Å². The third-order valence-electron chi connectivity index (χ3n) is 5.53. The van der Waals surface area contributed by atoms with Crippen molar-refractivity contribution < 1.29 is 14.0 Å². The predicted octanol–water partition coefficient (Wildman–Crippen LogP) is 4.14. The van der Waals surface area contributed by atoms with Gasteiger partial charge in [0.05, 0.1) is 6.04 Å². The molecule has 0 N–H and O–H groups in total. The fourth-order valence-corrected chi connectivity index (χ4v) is 4.62. The Morgan fingerprint density at radius 2 is 1.93 bits per heavy atom. The first kappa shape index (κ1) is 21.3. The number of thiophene rings is 1. The second kappa shape index (κ2) is 8.95. The van der Waals surface area contributed by atoms with Gasteiger partial charge < -0.3 is 14.7 Å². The van der Waals surface area contributed by atoms with Gasteiger partial charge in [-0.05, 0) is 54.5 Å². The zero-order chi connectivity index (χ0) is 21.1. The van der Waals surface area contributed by atoms with Crippen molar-refractivity contribution in [1.29, 1.82) is 0 Å². The van der Waals surface area contributed by atoms with E-state index in [0.717, 1.165) is 24.0 Å². The molecule has 0 bridgehead atoms. The number of rotatable bonds is 5. The van der Waals surface area contributed by atoms with Crippen molar-refractivity contribution >= 4 is 23.3 Å². The van der Waals surface area contributed by atoms with E-state index in [9.17, 15) is 14.0 Å². The molecule has 2 aromatic rings. The summed E-state index contributed by atoms with van der Waals surface area (Å²) in [5.74, 6) is -0.390. The summed E-state index contributed by atoms with van der Waals surface area (Å²) in [7, 11) is 3.39. The summed E-state index contributed by atoms with van der Waals surface area (Å²) in [6.45, 7) is 4.58. The summed E-state index contributed by atoms with van der Waals surface area (Å²) >= 11 is 1.69. The Kier molecular flexibility index (Phi) is 6.57. The molecule has 0 radical (unpaired) electrons. The van der Waals surface area contributed by atoms with Crippen molar-refractivity contribution in [2.45, 2.75) is 38.8 Å². The summed E-state index contributed by atoms with van der Waals surface area (Å²) < 4.78 is 13.5. The number of nitrogens with zero attached hydrogens (tertiary/aromatic N) is 3. The molecule has 1 aliphatic heterocycles. The van der Waals surface area contributed by atoms with Crippen LogP contribution in [0.15, 0.2) is 35.7 Å². The number of hydrogen-bond acceptors (Lipinski definition) is 3. The van der Waals surface area contributed by atoms with Crippen molar-refractivity contribution in [3.63, 3.8) is 0 Å². The third-order valence-corrected chi connectivity index (χ3v) is 6.53. The van der Waals surface area contributed by atoms with Crippen molar-refractivity contribution in [3.05, 3.63) is 57.5 Å². The SMILES string of the molecule is CC[C@@H](C)N(CC(=O)N1CCc2sccc2[C@@H]1c1ccc(F)cc1)C(=O)N(C)C. The van der Waals surface area contributed by atoms with E-state index >= 15 is 0 Å². The number of carbonyl (C=O) groups excluding carboxylic acids is 2. The summed E-state index contributed by atoms with van der Waals surface area (Å²) in [5.41, 5.74) is 1.98. The van der Waals surface area contributed by atoms with E-state index in [4.69, 9.17) is 0 Å². The number of fused-ring (bicyclic) bond motifs is 1. The van der Waals surface area contributed by atoms with Crippen LogP contribution in [0.3, 0.4) is 0 Å². The Morgan fingerprint density at radius 3 is 2.55 bits per heavy atom. The van der Waals surface area contributed by atoms with E-state index in [2.05, 4.69) is 0 Å². The van der Waals surface area contributed by atoms with E-state index in [1.54, 1.807) is 42.5 Å².